The molecule has 0 amide bonds. The Balaban J connectivity index is 0.000000141. The third-order valence-electron chi connectivity index (χ3n) is 19.5. The lowest BCUT2D eigenvalue weighted by atomic mass is 9.86. The highest BCUT2D eigenvalue weighted by molar-refractivity contribution is 7.17. The number of para-hydroxylation sites is 2. The van der Waals surface area contributed by atoms with Gasteiger partial charge in [-0.1, -0.05) is 70.2 Å². The van der Waals surface area contributed by atoms with E-state index < -0.39 is 17.9 Å². The summed E-state index contributed by atoms with van der Waals surface area (Å²) in [7, 11) is 0. The molecule has 538 valence electrons. The number of aromatic amines is 3. The maximum atomic E-state index is 13.3. The van der Waals surface area contributed by atoms with Crippen molar-refractivity contribution in [2.24, 2.45) is 30.7 Å². The Kier molecular flexibility index (Phi) is 19.4. The first-order valence-corrected chi connectivity index (χ1v) is 35.0. The molecule has 0 saturated heterocycles. The van der Waals surface area contributed by atoms with Crippen LogP contribution >= 0.6 is 11.3 Å². The molecule has 106 heavy (non-hydrogen) atoms. The van der Waals surface area contributed by atoms with E-state index >= 15 is 0 Å². The highest BCUT2D eigenvalue weighted by Crippen LogP contribution is 2.45. The summed E-state index contributed by atoms with van der Waals surface area (Å²) < 4.78 is 9.65. The third-order valence-corrected chi connectivity index (χ3v) is 20.6. The van der Waals surface area contributed by atoms with Gasteiger partial charge in [0.25, 0.3) is 16.7 Å². The average Bonchev–Trinajstić information content (AvgIpc) is 1.61. The lowest BCUT2D eigenvalue weighted by Gasteiger charge is -2.19. The number of thiophene rings is 1. The molecule has 0 unspecified atom stereocenters. The number of carboxylic acid groups (broad SMARTS) is 3. The number of carboxylic acids is 3. The van der Waals surface area contributed by atoms with E-state index in [1.165, 1.54) is 90.2 Å². The maximum Gasteiger partial charge on any atom is 0.371 e. The van der Waals surface area contributed by atoms with E-state index in [9.17, 15) is 49.2 Å². The van der Waals surface area contributed by atoms with Crippen LogP contribution in [0.15, 0.2) is 201 Å². The van der Waals surface area contributed by atoms with Gasteiger partial charge in [0, 0.05) is 16.0 Å². The number of nitrogens with zero attached hydrogens (tertiary/aromatic N) is 9. The molecule has 0 radical (unpaired) electrons. The number of aromatic hydroxyl groups is 3. The van der Waals surface area contributed by atoms with Crippen LogP contribution in [-0.2, 0) is 36.5 Å². The lowest BCUT2D eigenvalue weighted by molar-refractivity contribution is 0.0659. The van der Waals surface area contributed by atoms with Gasteiger partial charge in [0.2, 0.25) is 5.76 Å². The van der Waals surface area contributed by atoms with E-state index in [2.05, 4.69) is 104 Å². The van der Waals surface area contributed by atoms with Crippen LogP contribution in [0.3, 0.4) is 0 Å². The predicted molar refractivity (Wildman–Crippen MR) is 402 cm³/mol. The van der Waals surface area contributed by atoms with Crippen molar-refractivity contribution in [3.8, 4) is 67.2 Å². The summed E-state index contributed by atoms with van der Waals surface area (Å²) in [6, 6.07) is 43.5. The van der Waals surface area contributed by atoms with Crippen molar-refractivity contribution in [3.63, 3.8) is 0 Å². The van der Waals surface area contributed by atoms with Gasteiger partial charge >= 0.3 is 17.9 Å². The SMILES string of the molecule is Cc1[nH]n(-c2ccc3c(c2)C(C)(C)CC3)c(=O)c1N=Nc1cccc(-c2ccc(C(=O)O)s2)c1O.Cc1[nH]n(-c2ccc3c(c2)CCCC3)c(=O)c1N=Nc1cccc(-c2ccc(C(=O)O)o2)c1O.Cc1cc(N=Nc2c(C)[nH]n(-c3ccc4c(c3)C(C)(C)CC4)c2=O)c(O)c(-c2cccc(C(=O)O)c2)c1. The van der Waals surface area contributed by atoms with Crippen LogP contribution in [0.5, 0.6) is 17.2 Å². The van der Waals surface area contributed by atoms with Crippen molar-refractivity contribution in [1.29, 1.82) is 0 Å². The average molecular weight is 1440 g/mol. The summed E-state index contributed by atoms with van der Waals surface area (Å²) in [4.78, 5) is 73.9. The van der Waals surface area contributed by atoms with E-state index in [1.54, 1.807) is 81.4 Å². The number of phenolic OH excluding ortho intramolecular Hbond substituents is 3. The van der Waals surface area contributed by atoms with Gasteiger partial charge < -0.3 is 35.1 Å². The van der Waals surface area contributed by atoms with Crippen LogP contribution in [0, 0.1) is 27.7 Å². The molecular formula is C80H74N12O13S. The molecule has 7 aromatic carbocycles. The number of nitrogens with one attached hydrogen (secondary N) is 3. The Morgan fingerprint density at radius 2 is 0.934 bits per heavy atom. The zero-order chi connectivity index (χ0) is 75.2. The smallest absolute Gasteiger partial charge is 0.371 e. The second-order valence-electron chi connectivity index (χ2n) is 27.7. The standard InChI is InChI=1S/C29H28N4O4.C26H24N4O4S.C25H22N4O5/c1-16-12-22(19-6-5-7-20(14-19)28(36)37)26(34)24(13-16)30-31-25-17(2)32-33(27(25)35)21-9-8-18-10-11-29(3,4)23(18)15-21;1-14-22(24(32)30(29-14)16-8-7-15-11-12-26(2,3)18(15)13-16)28-27-19-6-4-5-17(23(19)31)20-9-10-21(35-20)25(33)34;1-14-22(24(31)29(28-14)17-10-9-15-5-2-3-6-16(15)13-17)27-26-19-8-4-7-18(23(19)30)20-11-12-21(34-20)25(32)33/h5-9,12-15,32,34H,10-11H2,1-4H3,(H,36,37);4-10,13,29,31H,11-12H2,1-3H3,(H,33,34);4,7-13,28,30H,2-3,5-6H2,1H3,(H,32,33). The molecule has 3 aliphatic rings. The maximum absolute atomic E-state index is 13.3. The molecule has 0 fully saturated rings. The van der Waals surface area contributed by atoms with Crippen LogP contribution in [0.4, 0.5) is 34.1 Å². The molecule has 3 aliphatic carbocycles. The number of phenols is 3. The Morgan fingerprint density at radius 3 is 1.44 bits per heavy atom. The van der Waals surface area contributed by atoms with Crippen LogP contribution in [-0.4, -0.2) is 77.9 Å². The number of aryl methyl sites for hydroxylation is 8. The van der Waals surface area contributed by atoms with Crippen LogP contribution < -0.4 is 16.7 Å². The first-order valence-electron chi connectivity index (χ1n) is 34.2. The second kappa shape index (κ2) is 28.8. The third kappa shape index (κ3) is 14.2. The van der Waals surface area contributed by atoms with Gasteiger partial charge in [0.05, 0.1) is 45.3 Å². The minimum Gasteiger partial charge on any atom is -0.505 e. The second-order valence-corrected chi connectivity index (χ2v) is 28.8. The van der Waals surface area contributed by atoms with Gasteiger partial charge in [0.15, 0.2) is 34.3 Å². The molecule has 5 heterocycles. The summed E-state index contributed by atoms with van der Waals surface area (Å²) in [6.07, 6.45) is 8.62. The normalized spacial score (nSPS) is 14.0. The molecule has 0 aliphatic heterocycles. The van der Waals surface area contributed by atoms with Crippen molar-refractivity contribution in [1.82, 2.24) is 29.3 Å². The van der Waals surface area contributed by atoms with Gasteiger partial charge in [-0.15, -0.1) is 42.0 Å². The fourth-order valence-corrected chi connectivity index (χ4v) is 14.5. The minimum absolute atomic E-state index is 0.0590. The van der Waals surface area contributed by atoms with Gasteiger partial charge in [0.1, 0.15) is 27.7 Å². The molecule has 5 aromatic heterocycles. The molecule has 0 bridgehead atoms. The summed E-state index contributed by atoms with van der Waals surface area (Å²) >= 11 is 1.06. The van der Waals surface area contributed by atoms with E-state index in [4.69, 9.17) is 14.6 Å². The lowest BCUT2D eigenvalue weighted by Crippen LogP contribution is -2.16. The summed E-state index contributed by atoms with van der Waals surface area (Å²) in [5.74, 6) is -3.87. The quantitative estimate of drug-likeness (QED) is 0.0432. The molecule has 15 rings (SSSR count). The molecule has 26 heteroatoms. The van der Waals surface area contributed by atoms with E-state index in [0.29, 0.717) is 38.6 Å². The number of aromatic nitrogens is 6. The number of benzene rings is 7. The summed E-state index contributed by atoms with van der Waals surface area (Å²) in [5, 5.41) is 94.0. The Labute approximate surface area is 609 Å². The molecule has 0 spiro atoms. The number of rotatable bonds is 15. The van der Waals surface area contributed by atoms with Gasteiger partial charge in [-0.05, 0) is 244 Å². The van der Waals surface area contributed by atoms with Crippen LogP contribution in [0.25, 0.3) is 50.0 Å². The minimum atomic E-state index is -1.21. The number of furan rings is 1. The first-order chi connectivity index (χ1) is 50.6. The zero-order valence-electron chi connectivity index (χ0n) is 59.1. The number of H-pyrrole nitrogens is 3. The van der Waals surface area contributed by atoms with Crippen molar-refractivity contribution in [2.75, 3.05) is 0 Å². The van der Waals surface area contributed by atoms with E-state index in [-0.39, 0.29) is 106 Å². The number of hydrogen-bond acceptors (Lipinski definition) is 17. The fourth-order valence-electron chi connectivity index (χ4n) is 13.6. The first kappa shape index (κ1) is 71.6. The number of carbonyl (C=O) groups is 3. The highest BCUT2D eigenvalue weighted by Gasteiger charge is 2.32. The molecular weight excluding hydrogens is 1370 g/mol. The predicted octanol–water partition coefficient (Wildman–Crippen LogP) is 18.2. The van der Waals surface area contributed by atoms with Crippen LogP contribution in [0.1, 0.15) is 140 Å². The van der Waals surface area contributed by atoms with Crippen LogP contribution in [0.2, 0.25) is 0 Å². The Morgan fingerprint density at radius 1 is 0.453 bits per heavy atom. The van der Waals surface area contributed by atoms with Crippen molar-refractivity contribution in [3.05, 3.63) is 255 Å². The highest BCUT2D eigenvalue weighted by atomic mass is 32.1. The number of hydrogen-bond donors (Lipinski definition) is 9. The molecule has 0 atom stereocenters. The molecule has 12 aromatic rings. The van der Waals surface area contributed by atoms with E-state index in [1.807, 2.05) is 31.2 Å². The van der Waals surface area contributed by atoms with Crippen molar-refractivity contribution in [2.45, 2.75) is 118 Å². The van der Waals surface area contributed by atoms with Gasteiger partial charge in [-0.25, -0.2) is 28.4 Å². The van der Waals surface area contributed by atoms with Crippen molar-refractivity contribution >= 4 is 63.4 Å². The monoisotopic (exact) mass is 1440 g/mol. The topological polar surface area (TPSA) is 373 Å². The number of aromatic carboxylic acids is 3. The van der Waals surface area contributed by atoms with Gasteiger partial charge in [-0.2, -0.15) is 0 Å². The fraction of sp³-hybridized carbons (Fsp3) is 0.225. The Hall–Kier alpha value is -12.8. The molecule has 0 saturated carbocycles. The summed E-state index contributed by atoms with van der Waals surface area (Å²) in [5.41, 5.74) is 14.2. The zero-order valence-corrected chi connectivity index (χ0v) is 59.9. The number of fused-ring (bicyclic) bond motifs is 3. The number of azo groups is 3. The van der Waals surface area contributed by atoms with Crippen molar-refractivity contribution < 1.29 is 49.4 Å². The molecule has 25 nitrogen and oxygen atoms in total. The van der Waals surface area contributed by atoms with E-state index in [0.717, 1.165) is 78.9 Å². The molecule has 9 N–H and O–H groups in total. The summed E-state index contributed by atoms with van der Waals surface area (Å²) in [6.45, 7) is 15.9. The Bertz CT molecular complexity index is 5810. The van der Waals surface area contributed by atoms with Gasteiger partial charge in [-0.3, -0.25) is 29.7 Å². The largest absolute Gasteiger partial charge is 0.505 e.